The van der Waals surface area contributed by atoms with Gasteiger partial charge < -0.3 is 10.1 Å². The van der Waals surface area contributed by atoms with Crippen LogP contribution in [-0.2, 0) is 4.79 Å². The number of alkyl halides is 1. The minimum absolute atomic E-state index is 0.00941. The number of rotatable bonds is 3. The zero-order chi connectivity index (χ0) is 13.7. The average Bonchev–Trinajstić information content (AvgIpc) is 2.31. The molecule has 5 nitrogen and oxygen atoms in total. The van der Waals surface area contributed by atoms with Gasteiger partial charge in [-0.05, 0) is 19.1 Å². The first-order chi connectivity index (χ1) is 8.43. The van der Waals surface area contributed by atoms with Gasteiger partial charge in [0.15, 0.2) is 11.6 Å². The van der Waals surface area contributed by atoms with Gasteiger partial charge in [0.05, 0.1) is 7.11 Å². The van der Waals surface area contributed by atoms with Crippen LogP contribution >= 0.6 is 11.6 Å². The SMILES string of the molecule is COc1cc(NC(=O)NC(=O)C(C)Cl)ccc1F. The van der Waals surface area contributed by atoms with Crippen LogP contribution in [-0.4, -0.2) is 24.4 Å². The lowest BCUT2D eigenvalue weighted by molar-refractivity contribution is -0.119. The minimum Gasteiger partial charge on any atom is -0.494 e. The highest BCUT2D eigenvalue weighted by atomic mass is 35.5. The van der Waals surface area contributed by atoms with E-state index >= 15 is 0 Å². The predicted octanol–water partition coefficient (Wildman–Crippen LogP) is 2.11. The van der Waals surface area contributed by atoms with E-state index in [4.69, 9.17) is 16.3 Å². The molecule has 0 aliphatic rings. The lowest BCUT2D eigenvalue weighted by Gasteiger charge is -2.09. The van der Waals surface area contributed by atoms with E-state index in [-0.39, 0.29) is 5.75 Å². The van der Waals surface area contributed by atoms with E-state index in [0.29, 0.717) is 5.69 Å². The summed E-state index contributed by atoms with van der Waals surface area (Å²) in [5.41, 5.74) is 0.292. The molecular weight excluding hydrogens is 263 g/mol. The molecule has 1 aromatic carbocycles. The molecule has 0 bridgehead atoms. The molecule has 0 saturated heterocycles. The van der Waals surface area contributed by atoms with Gasteiger partial charge in [-0.25, -0.2) is 9.18 Å². The van der Waals surface area contributed by atoms with Gasteiger partial charge in [-0.1, -0.05) is 0 Å². The number of carbonyl (C=O) groups is 2. The quantitative estimate of drug-likeness (QED) is 0.830. The van der Waals surface area contributed by atoms with Crippen LogP contribution in [0.4, 0.5) is 14.9 Å². The number of anilines is 1. The number of ether oxygens (including phenoxy) is 1. The van der Waals surface area contributed by atoms with Crippen molar-refractivity contribution in [3.8, 4) is 5.75 Å². The lowest BCUT2D eigenvalue weighted by atomic mass is 10.3. The molecule has 0 radical (unpaired) electrons. The maximum absolute atomic E-state index is 13.1. The molecular formula is C11H12ClFN2O3. The Morgan fingerprint density at radius 3 is 2.67 bits per heavy atom. The largest absolute Gasteiger partial charge is 0.494 e. The van der Waals surface area contributed by atoms with Crippen molar-refractivity contribution < 1.29 is 18.7 Å². The van der Waals surface area contributed by atoms with Crippen molar-refractivity contribution >= 4 is 29.2 Å². The number of urea groups is 1. The smallest absolute Gasteiger partial charge is 0.325 e. The van der Waals surface area contributed by atoms with E-state index in [9.17, 15) is 14.0 Å². The Balaban J connectivity index is 2.67. The van der Waals surface area contributed by atoms with Crippen LogP contribution in [0.2, 0.25) is 0 Å². The molecule has 1 atom stereocenters. The second-order valence-electron chi connectivity index (χ2n) is 3.41. The van der Waals surface area contributed by atoms with E-state index in [1.165, 1.54) is 26.2 Å². The van der Waals surface area contributed by atoms with E-state index in [1.54, 1.807) is 0 Å². The number of nitrogens with one attached hydrogen (secondary N) is 2. The number of methoxy groups -OCH3 is 1. The van der Waals surface area contributed by atoms with E-state index in [0.717, 1.165) is 6.07 Å². The van der Waals surface area contributed by atoms with Gasteiger partial charge in [0.1, 0.15) is 5.38 Å². The summed E-state index contributed by atoms with van der Waals surface area (Å²) in [5, 5.41) is 3.56. The molecule has 98 valence electrons. The third-order valence-electron chi connectivity index (χ3n) is 2.01. The number of hydrogen-bond donors (Lipinski definition) is 2. The molecule has 0 aliphatic heterocycles. The Morgan fingerprint density at radius 2 is 2.11 bits per heavy atom. The normalized spacial score (nSPS) is 11.6. The first-order valence-electron chi connectivity index (χ1n) is 5.03. The highest BCUT2D eigenvalue weighted by Crippen LogP contribution is 2.21. The van der Waals surface area contributed by atoms with Crippen molar-refractivity contribution in [3.63, 3.8) is 0 Å². The van der Waals surface area contributed by atoms with Crippen molar-refractivity contribution in [1.82, 2.24) is 5.32 Å². The molecule has 0 spiro atoms. The van der Waals surface area contributed by atoms with E-state index in [1.807, 2.05) is 5.32 Å². The zero-order valence-corrected chi connectivity index (χ0v) is 10.5. The number of halogens is 2. The summed E-state index contributed by atoms with van der Waals surface area (Å²) in [6, 6.07) is 3.02. The zero-order valence-electron chi connectivity index (χ0n) is 9.79. The molecule has 0 heterocycles. The molecule has 1 rings (SSSR count). The Kier molecular flexibility index (Phi) is 4.91. The molecule has 0 aromatic heterocycles. The molecule has 7 heteroatoms. The summed E-state index contributed by atoms with van der Waals surface area (Å²) in [6.07, 6.45) is 0. The number of hydrogen-bond acceptors (Lipinski definition) is 3. The summed E-state index contributed by atoms with van der Waals surface area (Å²) >= 11 is 5.48. The highest BCUT2D eigenvalue weighted by Gasteiger charge is 2.13. The molecule has 18 heavy (non-hydrogen) atoms. The van der Waals surface area contributed by atoms with Gasteiger partial charge in [0.25, 0.3) is 0 Å². The Bertz CT molecular complexity index is 466. The van der Waals surface area contributed by atoms with Crippen LogP contribution < -0.4 is 15.4 Å². The van der Waals surface area contributed by atoms with Gasteiger partial charge in [0.2, 0.25) is 5.91 Å². The van der Waals surface area contributed by atoms with Crippen molar-refractivity contribution in [1.29, 1.82) is 0 Å². The summed E-state index contributed by atoms with van der Waals surface area (Å²) < 4.78 is 17.9. The van der Waals surface area contributed by atoms with Crippen LogP contribution in [0.3, 0.4) is 0 Å². The maximum Gasteiger partial charge on any atom is 0.325 e. The molecule has 2 N–H and O–H groups in total. The van der Waals surface area contributed by atoms with Gasteiger partial charge >= 0.3 is 6.03 Å². The molecule has 1 aromatic rings. The standard InChI is InChI=1S/C11H12ClFN2O3/c1-6(12)10(16)15-11(17)14-7-3-4-8(13)9(5-7)18-2/h3-6H,1-2H3,(H2,14,15,16,17). The van der Waals surface area contributed by atoms with Crippen LogP contribution in [0.15, 0.2) is 18.2 Å². The lowest BCUT2D eigenvalue weighted by Crippen LogP contribution is -2.38. The van der Waals surface area contributed by atoms with Gasteiger partial charge in [-0.3, -0.25) is 10.1 Å². The van der Waals surface area contributed by atoms with Crippen molar-refractivity contribution in [3.05, 3.63) is 24.0 Å². The molecule has 0 aliphatic carbocycles. The van der Waals surface area contributed by atoms with Gasteiger partial charge in [-0.15, -0.1) is 11.6 Å². The third-order valence-corrected chi connectivity index (χ3v) is 2.21. The molecule has 0 saturated carbocycles. The summed E-state index contributed by atoms with van der Waals surface area (Å²) in [4.78, 5) is 22.5. The molecule has 0 fully saturated rings. The van der Waals surface area contributed by atoms with Crippen molar-refractivity contribution in [2.24, 2.45) is 0 Å². The number of amides is 3. The second-order valence-corrected chi connectivity index (χ2v) is 4.06. The van der Waals surface area contributed by atoms with Crippen LogP contribution in [0.1, 0.15) is 6.92 Å². The van der Waals surface area contributed by atoms with E-state index in [2.05, 4.69) is 5.32 Å². The average molecular weight is 275 g/mol. The van der Waals surface area contributed by atoms with E-state index < -0.39 is 23.1 Å². The fourth-order valence-corrected chi connectivity index (χ4v) is 1.17. The van der Waals surface area contributed by atoms with Gasteiger partial charge in [-0.2, -0.15) is 0 Å². The fourth-order valence-electron chi connectivity index (χ4n) is 1.11. The summed E-state index contributed by atoms with van der Waals surface area (Å²) in [6.45, 7) is 1.44. The number of imide groups is 1. The third kappa shape index (κ3) is 3.89. The Labute approximate surface area is 108 Å². The Morgan fingerprint density at radius 1 is 1.44 bits per heavy atom. The van der Waals surface area contributed by atoms with Crippen LogP contribution in [0.25, 0.3) is 0 Å². The topological polar surface area (TPSA) is 67.4 Å². The van der Waals surface area contributed by atoms with Crippen molar-refractivity contribution in [2.45, 2.75) is 12.3 Å². The first-order valence-corrected chi connectivity index (χ1v) is 5.47. The monoisotopic (exact) mass is 274 g/mol. The van der Waals surface area contributed by atoms with Crippen LogP contribution in [0, 0.1) is 5.82 Å². The number of carbonyl (C=O) groups excluding carboxylic acids is 2. The number of benzene rings is 1. The second kappa shape index (κ2) is 6.20. The maximum atomic E-state index is 13.1. The predicted molar refractivity (Wildman–Crippen MR) is 65.4 cm³/mol. The minimum atomic E-state index is -0.821. The summed E-state index contributed by atoms with van der Waals surface area (Å²) in [7, 11) is 1.31. The molecule has 3 amide bonds. The Hall–Kier alpha value is -1.82. The first kappa shape index (κ1) is 14.2. The fraction of sp³-hybridized carbons (Fsp3) is 0.273. The summed E-state index contributed by atoms with van der Waals surface area (Å²) in [5.74, 6) is -1.18. The van der Waals surface area contributed by atoms with Gasteiger partial charge in [0, 0.05) is 11.8 Å². The highest BCUT2D eigenvalue weighted by molar-refractivity contribution is 6.31. The molecule has 1 unspecified atom stereocenters. The van der Waals surface area contributed by atoms with Crippen LogP contribution in [0.5, 0.6) is 5.75 Å². The van der Waals surface area contributed by atoms with Crippen molar-refractivity contribution in [2.75, 3.05) is 12.4 Å².